The van der Waals surface area contributed by atoms with Crippen LogP contribution in [0.2, 0.25) is 10.2 Å². The standard InChI is InChI=1S/C11H9Cl2N3O3S/c1-19-11-10(14-6-9(13)15-11)16-20(17,18)8-4-2-7(12)3-5-8/h2-6H,1H3,(H,14,16). The van der Waals surface area contributed by atoms with Crippen molar-refractivity contribution in [3.63, 3.8) is 0 Å². The molecule has 6 nitrogen and oxygen atoms in total. The average molecular weight is 334 g/mol. The molecule has 0 saturated heterocycles. The monoisotopic (exact) mass is 333 g/mol. The molecule has 0 radical (unpaired) electrons. The molecule has 0 spiro atoms. The number of rotatable bonds is 4. The smallest absolute Gasteiger partial charge is 0.263 e. The number of benzene rings is 1. The molecule has 0 amide bonds. The molecular formula is C11H9Cl2N3O3S. The molecule has 9 heteroatoms. The lowest BCUT2D eigenvalue weighted by molar-refractivity contribution is 0.398. The Kier molecular flexibility index (Phi) is 4.32. The Labute approximate surface area is 125 Å². The van der Waals surface area contributed by atoms with Gasteiger partial charge in [-0.15, -0.1) is 0 Å². The average Bonchev–Trinajstić information content (AvgIpc) is 2.41. The second-order valence-corrected chi connectivity index (χ2v) is 6.12. The quantitative estimate of drug-likeness (QED) is 0.929. The fourth-order valence-electron chi connectivity index (χ4n) is 1.36. The van der Waals surface area contributed by atoms with Gasteiger partial charge in [-0.1, -0.05) is 23.2 Å². The lowest BCUT2D eigenvalue weighted by atomic mass is 10.4. The summed E-state index contributed by atoms with van der Waals surface area (Å²) in [6, 6.07) is 5.70. The Balaban J connectivity index is 2.35. The van der Waals surface area contributed by atoms with E-state index in [1.54, 1.807) is 0 Å². The van der Waals surface area contributed by atoms with Gasteiger partial charge < -0.3 is 4.74 Å². The van der Waals surface area contributed by atoms with Crippen molar-refractivity contribution >= 4 is 39.0 Å². The van der Waals surface area contributed by atoms with Gasteiger partial charge in [0.05, 0.1) is 18.2 Å². The minimum absolute atomic E-state index is 0.0185. The van der Waals surface area contributed by atoms with Crippen molar-refractivity contribution in [1.82, 2.24) is 9.97 Å². The summed E-state index contributed by atoms with van der Waals surface area (Å²) in [5.74, 6) is -0.0677. The summed E-state index contributed by atoms with van der Waals surface area (Å²) >= 11 is 11.4. The second kappa shape index (κ2) is 5.82. The van der Waals surface area contributed by atoms with Crippen LogP contribution in [-0.4, -0.2) is 25.5 Å². The lowest BCUT2D eigenvalue weighted by Gasteiger charge is -2.10. The molecule has 106 valence electrons. The van der Waals surface area contributed by atoms with Gasteiger partial charge in [0.25, 0.3) is 15.9 Å². The molecule has 0 atom stereocenters. The van der Waals surface area contributed by atoms with Crippen LogP contribution in [0.25, 0.3) is 0 Å². The highest BCUT2D eigenvalue weighted by atomic mass is 35.5. The van der Waals surface area contributed by atoms with Crippen molar-refractivity contribution in [2.24, 2.45) is 0 Å². The van der Waals surface area contributed by atoms with Gasteiger partial charge in [0.2, 0.25) is 5.82 Å². The predicted molar refractivity (Wildman–Crippen MR) is 75.9 cm³/mol. The van der Waals surface area contributed by atoms with E-state index in [1.807, 2.05) is 0 Å². The number of ether oxygens (including phenoxy) is 1. The van der Waals surface area contributed by atoms with Crippen LogP contribution in [0, 0.1) is 0 Å². The molecule has 0 unspecified atom stereocenters. The van der Waals surface area contributed by atoms with Crippen molar-refractivity contribution < 1.29 is 13.2 Å². The summed E-state index contributed by atoms with van der Waals surface area (Å²) in [6.45, 7) is 0. The molecular weight excluding hydrogens is 325 g/mol. The first-order valence-electron chi connectivity index (χ1n) is 5.27. The Morgan fingerprint density at radius 1 is 1.20 bits per heavy atom. The maximum Gasteiger partial charge on any atom is 0.263 e. The summed E-state index contributed by atoms with van der Waals surface area (Å²) in [5, 5.41) is 0.532. The molecule has 1 aromatic carbocycles. The van der Waals surface area contributed by atoms with E-state index in [4.69, 9.17) is 27.9 Å². The minimum atomic E-state index is -3.81. The van der Waals surface area contributed by atoms with Crippen LogP contribution in [0.1, 0.15) is 0 Å². The maximum absolute atomic E-state index is 12.2. The zero-order valence-electron chi connectivity index (χ0n) is 10.2. The minimum Gasteiger partial charge on any atom is -0.478 e. The normalized spacial score (nSPS) is 11.2. The van der Waals surface area contributed by atoms with Crippen LogP contribution in [0.5, 0.6) is 5.88 Å². The molecule has 0 saturated carbocycles. The Bertz CT molecular complexity index is 720. The Morgan fingerprint density at radius 3 is 2.45 bits per heavy atom. The first kappa shape index (κ1) is 14.8. The van der Waals surface area contributed by atoms with E-state index >= 15 is 0 Å². The van der Waals surface area contributed by atoms with Crippen molar-refractivity contribution in [3.8, 4) is 5.88 Å². The fraction of sp³-hybridized carbons (Fsp3) is 0.0909. The summed E-state index contributed by atoms with van der Waals surface area (Å²) in [4.78, 5) is 7.70. The summed E-state index contributed by atoms with van der Waals surface area (Å²) < 4.78 is 31.5. The van der Waals surface area contributed by atoms with Gasteiger partial charge in [0.15, 0.2) is 5.15 Å². The van der Waals surface area contributed by atoms with Gasteiger partial charge in [0.1, 0.15) is 0 Å². The van der Waals surface area contributed by atoms with E-state index in [2.05, 4.69) is 14.7 Å². The van der Waals surface area contributed by atoms with Crippen molar-refractivity contribution in [2.75, 3.05) is 11.8 Å². The molecule has 20 heavy (non-hydrogen) atoms. The van der Waals surface area contributed by atoms with Crippen LogP contribution in [0.3, 0.4) is 0 Å². The zero-order chi connectivity index (χ0) is 14.8. The first-order chi connectivity index (χ1) is 9.42. The third-order valence-electron chi connectivity index (χ3n) is 2.26. The molecule has 0 fully saturated rings. The third kappa shape index (κ3) is 3.30. The van der Waals surface area contributed by atoms with Gasteiger partial charge in [0, 0.05) is 5.02 Å². The van der Waals surface area contributed by atoms with E-state index in [-0.39, 0.29) is 21.7 Å². The highest BCUT2D eigenvalue weighted by Crippen LogP contribution is 2.24. The van der Waals surface area contributed by atoms with Gasteiger partial charge in [-0.3, -0.25) is 4.72 Å². The number of hydrogen-bond acceptors (Lipinski definition) is 5. The van der Waals surface area contributed by atoms with Crippen LogP contribution >= 0.6 is 23.2 Å². The largest absolute Gasteiger partial charge is 0.478 e. The number of sulfonamides is 1. The number of aromatic nitrogens is 2. The molecule has 2 rings (SSSR count). The molecule has 0 aliphatic rings. The second-order valence-electron chi connectivity index (χ2n) is 3.61. The van der Waals surface area contributed by atoms with Gasteiger partial charge in [-0.2, -0.15) is 4.98 Å². The highest BCUT2D eigenvalue weighted by Gasteiger charge is 2.18. The molecule has 1 heterocycles. The van der Waals surface area contributed by atoms with E-state index in [0.29, 0.717) is 5.02 Å². The third-order valence-corrected chi connectivity index (χ3v) is 4.05. The van der Waals surface area contributed by atoms with Crippen LogP contribution in [-0.2, 0) is 10.0 Å². The van der Waals surface area contributed by atoms with Crippen molar-refractivity contribution in [1.29, 1.82) is 0 Å². The number of hydrogen-bond donors (Lipinski definition) is 1. The number of anilines is 1. The van der Waals surface area contributed by atoms with E-state index in [1.165, 1.54) is 37.6 Å². The molecule has 1 aromatic heterocycles. The first-order valence-corrected chi connectivity index (χ1v) is 7.51. The topological polar surface area (TPSA) is 81.2 Å². The van der Waals surface area contributed by atoms with Gasteiger partial charge in [-0.25, -0.2) is 13.4 Å². The maximum atomic E-state index is 12.2. The Morgan fingerprint density at radius 2 is 1.85 bits per heavy atom. The predicted octanol–water partition coefficient (Wildman–Crippen LogP) is 2.59. The number of halogens is 2. The van der Waals surface area contributed by atoms with Gasteiger partial charge in [-0.05, 0) is 24.3 Å². The highest BCUT2D eigenvalue weighted by molar-refractivity contribution is 7.92. The number of nitrogens with one attached hydrogen (secondary N) is 1. The summed E-state index contributed by atoms with van der Waals surface area (Å²) in [6.07, 6.45) is 1.21. The zero-order valence-corrected chi connectivity index (χ0v) is 12.5. The summed E-state index contributed by atoms with van der Waals surface area (Å²) in [7, 11) is -2.48. The Hall–Kier alpha value is -1.57. The van der Waals surface area contributed by atoms with Crippen LogP contribution in [0.15, 0.2) is 35.4 Å². The molecule has 1 N–H and O–H groups in total. The van der Waals surface area contributed by atoms with Crippen LogP contribution in [0.4, 0.5) is 5.82 Å². The van der Waals surface area contributed by atoms with E-state index < -0.39 is 10.0 Å². The van der Waals surface area contributed by atoms with E-state index in [0.717, 1.165) is 0 Å². The molecule has 0 aliphatic heterocycles. The van der Waals surface area contributed by atoms with Gasteiger partial charge >= 0.3 is 0 Å². The van der Waals surface area contributed by atoms with E-state index in [9.17, 15) is 8.42 Å². The van der Waals surface area contributed by atoms with Crippen LogP contribution < -0.4 is 9.46 Å². The molecule has 0 bridgehead atoms. The van der Waals surface area contributed by atoms with Crippen molar-refractivity contribution in [3.05, 3.63) is 40.6 Å². The molecule has 0 aliphatic carbocycles. The lowest BCUT2D eigenvalue weighted by Crippen LogP contribution is -2.15. The number of methoxy groups -OCH3 is 1. The number of nitrogens with zero attached hydrogens (tertiary/aromatic N) is 2. The van der Waals surface area contributed by atoms with Crippen molar-refractivity contribution in [2.45, 2.75) is 4.90 Å². The SMILES string of the molecule is COc1nc(Cl)cnc1NS(=O)(=O)c1ccc(Cl)cc1. The summed E-state index contributed by atoms with van der Waals surface area (Å²) in [5.41, 5.74) is 0. The fourth-order valence-corrected chi connectivity index (χ4v) is 2.62. The molecule has 2 aromatic rings.